The zero-order valence-corrected chi connectivity index (χ0v) is 12.7. The van der Waals surface area contributed by atoms with E-state index in [0.29, 0.717) is 18.6 Å². The summed E-state index contributed by atoms with van der Waals surface area (Å²) in [6, 6.07) is 5.66. The van der Waals surface area contributed by atoms with Gasteiger partial charge in [0.15, 0.2) is 0 Å². The summed E-state index contributed by atoms with van der Waals surface area (Å²) in [6.45, 7) is 3.85. The highest BCUT2D eigenvalue weighted by molar-refractivity contribution is 5.39. The number of aliphatic hydroxyl groups excluding tert-OH is 1. The first-order valence-electron chi connectivity index (χ1n) is 7.57. The van der Waals surface area contributed by atoms with Gasteiger partial charge in [0.2, 0.25) is 0 Å². The quantitative estimate of drug-likeness (QED) is 0.609. The molecule has 0 aromatic heterocycles. The number of rotatable bonds is 9. The number of hydrogen-bond acceptors (Lipinski definition) is 3. The molecule has 0 atom stereocenters. The van der Waals surface area contributed by atoms with E-state index in [-0.39, 0.29) is 6.61 Å². The lowest BCUT2D eigenvalue weighted by Crippen LogP contribution is -2.19. The zero-order chi connectivity index (χ0) is 15.0. The fourth-order valence-corrected chi connectivity index (χ4v) is 2.36. The smallest absolute Gasteiger partial charge is 0.119 e. The van der Waals surface area contributed by atoms with Gasteiger partial charge in [-0.15, -0.1) is 0 Å². The number of aryl methyl sites for hydroxylation is 1. The van der Waals surface area contributed by atoms with Crippen molar-refractivity contribution in [3.63, 3.8) is 0 Å². The van der Waals surface area contributed by atoms with Crippen LogP contribution in [-0.2, 0) is 12.8 Å². The van der Waals surface area contributed by atoms with Crippen LogP contribution >= 0.6 is 0 Å². The molecule has 0 aliphatic rings. The second kappa shape index (κ2) is 8.28. The lowest BCUT2D eigenvalue weighted by Gasteiger charge is -2.19. The minimum absolute atomic E-state index is 0.267. The van der Waals surface area contributed by atoms with Crippen molar-refractivity contribution in [3.05, 3.63) is 29.3 Å². The average Bonchev–Trinajstić information content (AvgIpc) is 2.36. The Morgan fingerprint density at radius 3 is 2.35 bits per heavy atom. The number of phenols is 1. The van der Waals surface area contributed by atoms with Gasteiger partial charge in [0.25, 0.3) is 0 Å². The molecule has 3 N–H and O–H groups in total. The van der Waals surface area contributed by atoms with Crippen LogP contribution in [0, 0.1) is 0 Å². The molecule has 3 heteroatoms. The molecule has 0 aliphatic carbocycles. The van der Waals surface area contributed by atoms with Crippen molar-refractivity contribution in [1.29, 1.82) is 0 Å². The van der Waals surface area contributed by atoms with Crippen molar-refractivity contribution < 1.29 is 15.3 Å². The topological polar surface area (TPSA) is 60.7 Å². The van der Waals surface area contributed by atoms with Crippen molar-refractivity contribution >= 4 is 0 Å². The van der Waals surface area contributed by atoms with Gasteiger partial charge in [0.1, 0.15) is 5.75 Å². The standard InChI is InChI=1S/C17H28O3/c1-17(2,20)12-11-15-14(9-7-10-16(15)19)8-5-3-4-6-13-18/h7,9-10,18-20H,3-6,8,11-13H2,1-2H3. The van der Waals surface area contributed by atoms with Gasteiger partial charge >= 0.3 is 0 Å². The highest BCUT2D eigenvalue weighted by Crippen LogP contribution is 2.26. The van der Waals surface area contributed by atoms with E-state index in [0.717, 1.165) is 37.7 Å². The van der Waals surface area contributed by atoms with E-state index in [9.17, 15) is 10.2 Å². The molecular formula is C17H28O3. The summed E-state index contributed by atoms with van der Waals surface area (Å²) in [5.74, 6) is 0.335. The normalized spacial score (nSPS) is 11.8. The number of aliphatic hydroxyl groups is 2. The summed E-state index contributed by atoms with van der Waals surface area (Å²) in [4.78, 5) is 0. The molecule has 0 saturated heterocycles. The Balaban J connectivity index is 2.58. The molecular weight excluding hydrogens is 252 g/mol. The fourth-order valence-electron chi connectivity index (χ4n) is 2.36. The summed E-state index contributed by atoms with van der Waals surface area (Å²) < 4.78 is 0. The fraction of sp³-hybridized carbons (Fsp3) is 0.647. The molecule has 1 aromatic rings. The van der Waals surface area contributed by atoms with E-state index in [2.05, 4.69) is 6.07 Å². The molecule has 0 amide bonds. The molecule has 0 heterocycles. The minimum Gasteiger partial charge on any atom is -0.508 e. The van der Waals surface area contributed by atoms with Crippen LogP contribution in [0.25, 0.3) is 0 Å². The summed E-state index contributed by atoms with van der Waals surface area (Å²) in [6.07, 6.45) is 6.37. The second-order valence-corrected chi connectivity index (χ2v) is 6.12. The monoisotopic (exact) mass is 280 g/mol. The van der Waals surface area contributed by atoms with Crippen molar-refractivity contribution in [1.82, 2.24) is 0 Å². The third-order valence-corrected chi connectivity index (χ3v) is 3.59. The van der Waals surface area contributed by atoms with Gasteiger partial charge in [-0.25, -0.2) is 0 Å². The van der Waals surface area contributed by atoms with Crippen LogP contribution in [0.3, 0.4) is 0 Å². The van der Waals surface area contributed by atoms with Crippen LogP contribution in [-0.4, -0.2) is 27.5 Å². The van der Waals surface area contributed by atoms with Crippen molar-refractivity contribution in [2.24, 2.45) is 0 Å². The van der Waals surface area contributed by atoms with E-state index in [1.54, 1.807) is 19.9 Å². The number of benzene rings is 1. The molecule has 0 spiro atoms. The predicted octanol–water partition coefficient (Wildman–Crippen LogP) is 3.19. The summed E-state index contributed by atoms with van der Waals surface area (Å²) in [7, 11) is 0. The molecule has 0 radical (unpaired) electrons. The Bertz CT molecular complexity index is 394. The van der Waals surface area contributed by atoms with Gasteiger partial charge in [0, 0.05) is 6.61 Å². The molecule has 0 bridgehead atoms. The first-order valence-corrected chi connectivity index (χ1v) is 7.57. The molecule has 1 aromatic carbocycles. The Hall–Kier alpha value is -1.06. The second-order valence-electron chi connectivity index (χ2n) is 6.12. The SMILES string of the molecule is CC(C)(O)CCc1c(O)cccc1CCCCCCO. The summed E-state index contributed by atoms with van der Waals surface area (Å²) in [5, 5.41) is 28.6. The van der Waals surface area contributed by atoms with E-state index in [1.165, 1.54) is 5.56 Å². The maximum atomic E-state index is 10.0. The lowest BCUT2D eigenvalue weighted by molar-refractivity contribution is 0.0712. The number of phenolic OH excluding ortho intramolecular Hbond substituents is 1. The Labute approximate surface area is 122 Å². The van der Waals surface area contributed by atoms with Crippen LogP contribution in [0.15, 0.2) is 18.2 Å². The van der Waals surface area contributed by atoms with Gasteiger partial charge in [-0.3, -0.25) is 0 Å². The van der Waals surface area contributed by atoms with E-state index in [4.69, 9.17) is 5.11 Å². The van der Waals surface area contributed by atoms with Gasteiger partial charge in [-0.1, -0.05) is 25.0 Å². The molecule has 0 saturated carbocycles. The molecule has 3 nitrogen and oxygen atoms in total. The first kappa shape index (κ1) is 17.0. The first-order chi connectivity index (χ1) is 9.44. The highest BCUT2D eigenvalue weighted by atomic mass is 16.3. The van der Waals surface area contributed by atoms with Gasteiger partial charge in [0.05, 0.1) is 5.60 Å². The molecule has 1 rings (SSSR count). The van der Waals surface area contributed by atoms with Gasteiger partial charge in [-0.05, 0) is 63.1 Å². The Morgan fingerprint density at radius 1 is 1.00 bits per heavy atom. The minimum atomic E-state index is -0.708. The van der Waals surface area contributed by atoms with Crippen molar-refractivity contribution in [2.75, 3.05) is 6.61 Å². The van der Waals surface area contributed by atoms with E-state index in [1.807, 2.05) is 6.07 Å². The molecule has 20 heavy (non-hydrogen) atoms. The predicted molar refractivity (Wildman–Crippen MR) is 82.0 cm³/mol. The number of unbranched alkanes of at least 4 members (excludes halogenated alkanes) is 3. The number of hydrogen-bond donors (Lipinski definition) is 3. The number of aromatic hydroxyl groups is 1. The zero-order valence-electron chi connectivity index (χ0n) is 12.7. The van der Waals surface area contributed by atoms with Crippen LogP contribution < -0.4 is 0 Å². The molecule has 114 valence electrons. The average molecular weight is 280 g/mol. The summed E-state index contributed by atoms with van der Waals surface area (Å²) in [5.41, 5.74) is 1.44. The van der Waals surface area contributed by atoms with E-state index >= 15 is 0 Å². The lowest BCUT2D eigenvalue weighted by atomic mass is 9.93. The van der Waals surface area contributed by atoms with Crippen LogP contribution in [0.1, 0.15) is 57.1 Å². The third kappa shape index (κ3) is 6.40. The van der Waals surface area contributed by atoms with Crippen LogP contribution in [0.2, 0.25) is 0 Å². The highest BCUT2D eigenvalue weighted by Gasteiger charge is 2.15. The van der Waals surface area contributed by atoms with Crippen molar-refractivity contribution in [3.8, 4) is 5.75 Å². The van der Waals surface area contributed by atoms with Crippen LogP contribution in [0.5, 0.6) is 5.75 Å². The third-order valence-electron chi connectivity index (χ3n) is 3.59. The van der Waals surface area contributed by atoms with Gasteiger partial charge < -0.3 is 15.3 Å². The Morgan fingerprint density at radius 2 is 1.70 bits per heavy atom. The largest absolute Gasteiger partial charge is 0.508 e. The molecule has 0 aliphatic heterocycles. The Kier molecular flexibility index (Phi) is 7.03. The van der Waals surface area contributed by atoms with Gasteiger partial charge in [-0.2, -0.15) is 0 Å². The van der Waals surface area contributed by atoms with E-state index < -0.39 is 5.60 Å². The molecule has 0 fully saturated rings. The summed E-state index contributed by atoms with van der Waals surface area (Å²) >= 11 is 0. The van der Waals surface area contributed by atoms with Crippen molar-refractivity contribution in [2.45, 2.75) is 64.4 Å². The molecule has 0 unspecified atom stereocenters. The maximum Gasteiger partial charge on any atom is 0.119 e. The van der Waals surface area contributed by atoms with Crippen LogP contribution in [0.4, 0.5) is 0 Å². The maximum absolute atomic E-state index is 10.0.